The van der Waals surface area contributed by atoms with Crippen molar-refractivity contribution in [1.29, 1.82) is 5.26 Å². The Bertz CT molecular complexity index is 1050. The van der Waals surface area contributed by atoms with Crippen molar-refractivity contribution in [2.45, 2.75) is 25.7 Å². The van der Waals surface area contributed by atoms with Gasteiger partial charge in [-0.05, 0) is 38.0 Å². The molecule has 1 aliphatic rings. The van der Waals surface area contributed by atoms with Crippen LogP contribution in [-0.2, 0) is 0 Å². The molecular weight excluding hydrogens is 334 g/mol. The lowest BCUT2D eigenvalue weighted by Crippen LogP contribution is -2.12. The van der Waals surface area contributed by atoms with E-state index >= 15 is 0 Å². The summed E-state index contributed by atoms with van der Waals surface area (Å²) in [6.07, 6.45) is 2.24. The maximum atomic E-state index is 12.6. The Morgan fingerprint density at radius 3 is 2.92 bits per heavy atom. The maximum absolute atomic E-state index is 12.6. The Balaban J connectivity index is 1.70. The number of benzene rings is 1. The van der Waals surface area contributed by atoms with E-state index in [0.29, 0.717) is 27.7 Å². The van der Waals surface area contributed by atoms with Gasteiger partial charge in [-0.2, -0.15) is 5.26 Å². The van der Waals surface area contributed by atoms with Crippen molar-refractivity contribution >= 4 is 38.8 Å². The standard InChI is InChI=1S/C18H15N5OS/c1-9-13-14(20)15(25-18(13)23-16(21-9)11-5-6-11)17(24)22-12-4-2-3-10(7-12)8-19/h2-4,7,11H,5-6,20H2,1H3,(H,22,24). The van der Waals surface area contributed by atoms with E-state index in [2.05, 4.69) is 21.4 Å². The number of amides is 1. The summed E-state index contributed by atoms with van der Waals surface area (Å²) in [6.45, 7) is 1.90. The van der Waals surface area contributed by atoms with Crippen molar-refractivity contribution in [2.75, 3.05) is 11.1 Å². The van der Waals surface area contributed by atoms with Gasteiger partial charge >= 0.3 is 0 Å². The number of rotatable bonds is 3. The molecule has 6 nitrogen and oxygen atoms in total. The van der Waals surface area contributed by atoms with Crippen LogP contribution in [-0.4, -0.2) is 15.9 Å². The van der Waals surface area contributed by atoms with Gasteiger partial charge < -0.3 is 11.1 Å². The SMILES string of the molecule is Cc1nc(C2CC2)nc2sc(C(=O)Nc3cccc(C#N)c3)c(N)c12. The van der Waals surface area contributed by atoms with E-state index in [1.165, 1.54) is 11.3 Å². The van der Waals surface area contributed by atoms with Gasteiger partial charge in [0.05, 0.1) is 28.4 Å². The van der Waals surface area contributed by atoms with Gasteiger partial charge in [0.15, 0.2) is 0 Å². The summed E-state index contributed by atoms with van der Waals surface area (Å²) < 4.78 is 0. The Kier molecular flexibility index (Phi) is 3.62. The largest absolute Gasteiger partial charge is 0.397 e. The van der Waals surface area contributed by atoms with Gasteiger partial charge in [-0.25, -0.2) is 9.97 Å². The van der Waals surface area contributed by atoms with Crippen LogP contribution in [0.2, 0.25) is 0 Å². The Hall–Kier alpha value is -2.98. The van der Waals surface area contributed by atoms with Crippen LogP contribution in [0.3, 0.4) is 0 Å². The monoisotopic (exact) mass is 349 g/mol. The number of thiophene rings is 1. The van der Waals surface area contributed by atoms with Crippen molar-refractivity contribution in [3.05, 3.63) is 46.2 Å². The van der Waals surface area contributed by atoms with Gasteiger partial charge in [0.25, 0.3) is 5.91 Å². The summed E-state index contributed by atoms with van der Waals surface area (Å²) in [5.74, 6) is 0.986. The molecule has 2 aromatic heterocycles. The smallest absolute Gasteiger partial charge is 0.267 e. The molecule has 3 N–H and O–H groups in total. The highest BCUT2D eigenvalue weighted by atomic mass is 32.1. The Labute approximate surface area is 148 Å². The average molecular weight is 349 g/mol. The lowest BCUT2D eigenvalue weighted by Gasteiger charge is -2.04. The van der Waals surface area contributed by atoms with Gasteiger partial charge in [0, 0.05) is 11.6 Å². The second kappa shape index (κ2) is 5.83. The van der Waals surface area contributed by atoms with Crippen LogP contribution in [0.15, 0.2) is 24.3 Å². The van der Waals surface area contributed by atoms with Gasteiger partial charge in [-0.1, -0.05) is 6.07 Å². The lowest BCUT2D eigenvalue weighted by molar-refractivity contribution is 0.103. The van der Waals surface area contributed by atoms with Gasteiger partial charge in [0.2, 0.25) is 0 Å². The number of nitriles is 1. The van der Waals surface area contributed by atoms with E-state index in [1.807, 2.05) is 6.92 Å². The number of aromatic nitrogens is 2. The number of nitrogens with two attached hydrogens (primary N) is 1. The molecule has 0 bridgehead atoms. The minimum atomic E-state index is -0.303. The van der Waals surface area contributed by atoms with Crippen molar-refractivity contribution in [3.8, 4) is 6.07 Å². The van der Waals surface area contributed by atoms with E-state index in [9.17, 15) is 4.79 Å². The molecule has 25 heavy (non-hydrogen) atoms. The summed E-state index contributed by atoms with van der Waals surface area (Å²) in [7, 11) is 0. The molecular formula is C18H15N5OS. The van der Waals surface area contributed by atoms with E-state index < -0.39 is 0 Å². The number of anilines is 2. The number of nitrogens with zero attached hydrogens (tertiary/aromatic N) is 3. The number of nitrogen functional groups attached to an aromatic ring is 1. The minimum Gasteiger partial charge on any atom is -0.397 e. The zero-order chi connectivity index (χ0) is 17.6. The fourth-order valence-electron chi connectivity index (χ4n) is 2.76. The van der Waals surface area contributed by atoms with E-state index in [1.54, 1.807) is 24.3 Å². The zero-order valence-electron chi connectivity index (χ0n) is 13.5. The summed E-state index contributed by atoms with van der Waals surface area (Å²) in [5, 5.41) is 12.5. The van der Waals surface area contributed by atoms with Gasteiger partial charge in [0.1, 0.15) is 15.5 Å². The molecule has 3 aromatic rings. The van der Waals surface area contributed by atoms with E-state index in [4.69, 9.17) is 11.0 Å². The van der Waals surface area contributed by atoms with Crippen LogP contribution in [0.4, 0.5) is 11.4 Å². The van der Waals surface area contributed by atoms with E-state index in [0.717, 1.165) is 34.6 Å². The molecule has 1 aromatic carbocycles. The highest BCUT2D eigenvalue weighted by Crippen LogP contribution is 2.41. The molecule has 1 saturated carbocycles. The zero-order valence-corrected chi connectivity index (χ0v) is 14.4. The quantitative estimate of drug-likeness (QED) is 0.752. The number of nitrogens with one attached hydrogen (secondary N) is 1. The molecule has 124 valence electrons. The van der Waals surface area contributed by atoms with Crippen LogP contribution in [0, 0.1) is 18.3 Å². The molecule has 0 unspecified atom stereocenters. The molecule has 1 aliphatic carbocycles. The van der Waals surface area contributed by atoms with Crippen LogP contribution >= 0.6 is 11.3 Å². The number of carbonyl (C=O) groups excluding carboxylic acids is 1. The summed E-state index contributed by atoms with van der Waals surface area (Å²) in [5.41, 5.74) is 8.47. The Morgan fingerprint density at radius 2 is 2.20 bits per heavy atom. The number of fused-ring (bicyclic) bond motifs is 1. The maximum Gasteiger partial charge on any atom is 0.267 e. The first kappa shape index (κ1) is 15.5. The molecule has 0 saturated heterocycles. The van der Waals surface area contributed by atoms with Crippen molar-refractivity contribution in [2.24, 2.45) is 0 Å². The summed E-state index contributed by atoms with van der Waals surface area (Å²) >= 11 is 1.28. The normalized spacial score (nSPS) is 13.6. The fourth-order valence-corrected chi connectivity index (χ4v) is 3.81. The third kappa shape index (κ3) is 2.81. The summed E-state index contributed by atoms with van der Waals surface area (Å²) in [4.78, 5) is 23.0. The molecule has 0 spiro atoms. The predicted octanol–water partition coefficient (Wildman–Crippen LogP) is 3.58. The van der Waals surface area contributed by atoms with Crippen molar-refractivity contribution < 1.29 is 4.79 Å². The molecule has 7 heteroatoms. The van der Waals surface area contributed by atoms with Crippen LogP contribution < -0.4 is 11.1 Å². The third-order valence-corrected chi connectivity index (χ3v) is 5.28. The minimum absolute atomic E-state index is 0.303. The highest BCUT2D eigenvalue weighted by molar-refractivity contribution is 7.21. The number of carbonyl (C=O) groups is 1. The molecule has 1 amide bonds. The van der Waals surface area contributed by atoms with E-state index in [-0.39, 0.29) is 5.91 Å². The number of hydrogen-bond donors (Lipinski definition) is 2. The molecule has 4 rings (SSSR count). The second-order valence-corrected chi connectivity index (χ2v) is 7.11. The number of aryl methyl sites for hydroxylation is 1. The first-order valence-electron chi connectivity index (χ1n) is 7.95. The third-order valence-electron chi connectivity index (χ3n) is 4.18. The first-order valence-corrected chi connectivity index (χ1v) is 8.76. The molecule has 0 radical (unpaired) electrons. The van der Waals surface area contributed by atoms with Crippen LogP contribution in [0.25, 0.3) is 10.2 Å². The Morgan fingerprint density at radius 1 is 1.40 bits per heavy atom. The van der Waals surface area contributed by atoms with Crippen LogP contribution in [0.5, 0.6) is 0 Å². The van der Waals surface area contributed by atoms with Gasteiger partial charge in [-0.3, -0.25) is 4.79 Å². The molecule has 0 atom stereocenters. The van der Waals surface area contributed by atoms with Crippen molar-refractivity contribution in [1.82, 2.24) is 9.97 Å². The molecule has 1 fully saturated rings. The van der Waals surface area contributed by atoms with Gasteiger partial charge in [-0.15, -0.1) is 11.3 Å². The van der Waals surface area contributed by atoms with Crippen molar-refractivity contribution in [3.63, 3.8) is 0 Å². The lowest BCUT2D eigenvalue weighted by atomic mass is 10.2. The molecule has 2 heterocycles. The first-order chi connectivity index (χ1) is 12.1. The topological polar surface area (TPSA) is 105 Å². The number of hydrogen-bond acceptors (Lipinski definition) is 6. The predicted molar refractivity (Wildman–Crippen MR) is 97.6 cm³/mol. The highest BCUT2D eigenvalue weighted by Gasteiger charge is 2.28. The average Bonchev–Trinajstić information content (AvgIpc) is 3.39. The fraction of sp³-hybridized carbons (Fsp3) is 0.222. The second-order valence-electron chi connectivity index (χ2n) is 6.11. The van der Waals surface area contributed by atoms with Crippen LogP contribution in [0.1, 0.15) is 45.5 Å². The molecule has 0 aliphatic heterocycles. The summed E-state index contributed by atoms with van der Waals surface area (Å²) in [6, 6.07) is 8.81.